The second kappa shape index (κ2) is 7.45. The first-order chi connectivity index (χ1) is 10.9. The van der Waals surface area contributed by atoms with E-state index in [1.807, 2.05) is 0 Å². The minimum atomic E-state index is -3.49. The SMILES string of the molecule is CNS(=O)(=O)c1ccc(NC(=O)COc2cccc(Cl)c2)cc1. The number of amides is 1. The minimum absolute atomic E-state index is 0.119. The highest BCUT2D eigenvalue weighted by molar-refractivity contribution is 7.89. The Labute approximate surface area is 139 Å². The van der Waals surface area contributed by atoms with Gasteiger partial charge in [0.25, 0.3) is 5.91 Å². The van der Waals surface area contributed by atoms with Gasteiger partial charge in [-0.05, 0) is 49.5 Å². The summed E-state index contributed by atoms with van der Waals surface area (Å²) >= 11 is 5.82. The number of sulfonamides is 1. The average molecular weight is 355 g/mol. The number of carbonyl (C=O) groups is 1. The van der Waals surface area contributed by atoms with E-state index in [0.29, 0.717) is 16.5 Å². The van der Waals surface area contributed by atoms with Gasteiger partial charge in [0, 0.05) is 10.7 Å². The average Bonchev–Trinajstić information content (AvgIpc) is 2.53. The first-order valence-electron chi connectivity index (χ1n) is 6.62. The molecule has 0 saturated heterocycles. The summed E-state index contributed by atoms with van der Waals surface area (Å²) in [6.45, 7) is -0.184. The Morgan fingerprint density at radius 3 is 2.48 bits per heavy atom. The highest BCUT2D eigenvalue weighted by atomic mass is 35.5. The molecule has 2 aromatic rings. The summed E-state index contributed by atoms with van der Waals surface area (Å²) in [5, 5.41) is 3.13. The van der Waals surface area contributed by atoms with Gasteiger partial charge in [-0.15, -0.1) is 0 Å². The van der Waals surface area contributed by atoms with Gasteiger partial charge in [0.05, 0.1) is 4.90 Å². The number of anilines is 1. The molecule has 23 heavy (non-hydrogen) atoms. The van der Waals surface area contributed by atoms with Crippen molar-refractivity contribution in [3.8, 4) is 5.75 Å². The third-order valence-electron chi connectivity index (χ3n) is 2.88. The maximum Gasteiger partial charge on any atom is 0.262 e. The molecule has 6 nitrogen and oxygen atoms in total. The molecule has 1 amide bonds. The van der Waals surface area contributed by atoms with Crippen LogP contribution in [0, 0.1) is 0 Å². The van der Waals surface area contributed by atoms with E-state index < -0.39 is 10.0 Å². The molecule has 0 aliphatic carbocycles. The quantitative estimate of drug-likeness (QED) is 0.833. The van der Waals surface area contributed by atoms with Crippen molar-refractivity contribution in [1.82, 2.24) is 4.72 Å². The predicted molar refractivity (Wildman–Crippen MR) is 88.3 cm³/mol. The molecule has 0 radical (unpaired) electrons. The van der Waals surface area contributed by atoms with Crippen molar-refractivity contribution in [2.75, 3.05) is 19.0 Å². The monoisotopic (exact) mass is 354 g/mol. The van der Waals surface area contributed by atoms with Gasteiger partial charge in [0.1, 0.15) is 5.75 Å². The maximum absolute atomic E-state index is 11.8. The summed E-state index contributed by atoms with van der Waals surface area (Å²) < 4.78 is 30.7. The van der Waals surface area contributed by atoms with Gasteiger partial charge in [-0.3, -0.25) is 4.79 Å². The third-order valence-corrected chi connectivity index (χ3v) is 4.55. The van der Waals surface area contributed by atoms with Crippen molar-refractivity contribution < 1.29 is 17.9 Å². The summed E-state index contributed by atoms with van der Waals surface area (Å²) in [6.07, 6.45) is 0. The maximum atomic E-state index is 11.8. The highest BCUT2D eigenvalue weighted by Crippen LogP contribution is 2.17. The molecule has 0 saturated carbocycles. The second-order valence-corrected chi connectivity index (χ2v) is 6.85. The summed E-state index contributed by atoms with van der Waals surface area (Å²) in [4.78, 5) is 11.9. The number of rotatable bonds is 6. The Morgan fingerprint density at radius 2 is 1.87 bits per heavy atom. The Bertz CT molecular complexity index is 791. The van der Waals surface area contributed by atoms with Crippen molar-refractivity contribution >= 4 is 33.2 Å². The lowest BCUT2D eigenvalue weighted by atomic mass is 10.3. The van der Waals surface area contributed by atoms with Gasteiger partial charge in [-0.1, -0.05) is 17.7 Å². The number of hydrogen-bond acceptors (Lipinski definition) is 4. The van der Waals surface area contributed by atoms with Crippen LogP contribution in [0.3, 0.4) is 0 Å². The van der Waals surface area contributed by atoms with Gasteiger partial charge >= 0.3 is 0 Å². The van der Waals surface area contributed by atoms with Crippen molar-refractivity contribution in [3.63, 3.8) is 0 Å². The topological polar surface area (TPSA) is 84.5 Å². The molecule has 0 bridgehead atoms. The first-order valence-corrected chi connectivity index (χ1v) is 8.48. The number of nitrogens with one attached hydrogen (secondary N) is 2. The molecule has 2 rings (SSSR count). The lowest BCUT2D eigenvalue weighted by molar-refractivity contribution is -0.118. The normalized spacial score (nSPS) is 11.0. The van der Waals surface area contributed by atoms with Crippen LogP contribution in [0.5, 0.6) is 5.75 Å². The third kappa shape index (κ3) is 4.95. The van der Waals surface area contributed by atoms with Gasteiger partial charge in [-0.25, -0.2) is 13.1 Å². The zero-order valence-electron chi connectivity index (χ0n) is 12.2. The minimum Gasteiger partial charge on any atom is -0.484 e. The van der Waals surface area contributed by atoms with Crippen LogP contribution in [-0.4, -0.2) is 28.0 Å². The molecule has 0 spiro atoms. The van der Waals surface area contributed by atoms with Gasteiger partial charge in [0.15, 0.2) is 6.61 Å². The van der Waals surface area contributed by atoms with Crippen LogP contribution in [0.15, 0.2) is 53.4 Å². The van der Waals surface area contributed by atoms with Crippen molar-refractivity contribution in [2.24, 2.45) is 0 Å². The number of halogens is 1. The van der Waals surface area contributed by atoms with E-state index >= 15 is 0 Å². The zero-order chi connectivity index (χ0) is 16.9. The molecule has 0 aliphatic rings. The molecule has 0 aliphatic heterocycles. The number of benzene rings is 2. The Balaban J connectivity index is 1.93. The molecule has 0 fully saturated rings. The molecule has 122 valence electrons. The van der Waals surface area contributed by atoms with Gasteiger partial charge in [0.2, 0.25) is 10.0 Å². The molecule has 0 atom stereocenters. The fraction of sp³-hybridized carbons (Fsp3) is 0.133. The van der Waals surface area contributed by atoms with Crippen molar-refractivity contribution in [2.45, 2.75) is 4.90 Å². The first kappa shape index (κ1) is 17.3. The smallest absolute Gasteiger partial charge is 0.262 e. The van der Waals surface area contributed by atoms with Crippen molar-refractivity contribution in [3.05, 3.63) is 53.6 Å². The standard InChI is InChI=1S/C15H15ClN2O4S/c1-17-23(20,21)14-7-5-12(6-8-14)18-15(19)10-22-13-4-2-3-11(16)9-13/h2-9,17H,10H2,1H3,(H,18,19). The Kier molecular flexibility index (Phi) is 5.59. The van der Waals surface area contributed by atoms with Crippen LogP contribution in [-0.2, 0) is 14.8 Å². The largest absolute Gasteiger partial charge is 0.484 e. The van der Waals surface area contributed by atoms with E-state index in [0.717, 1.165) is 0 Å². The van der Waals surface area contributed by atoms with E-state index in [1.54, 1.807) is 24.3 Å². The van der Waals surface area contributed by atoms with Crippen LogP contribution in [0.2, 0.25) is 5.02 Å². The van der Waals surface area contributed by atoms with Gasteiger partial charge < -0.3 is 10.1 Å². The summed E-state index contributed by atoms with van der Waals surface area (Å²) in [7, 11) is -2.16. The fourth-order valence-electron chi connectivity index (χ4n) is 1.74. The predicted octanol–water partition coefficient (Wildman–Crippen LogP) is 2.27. The molecule has 0 heterocycles. The van der Waals surface area contributed by atoms with Crippen LogP contribution >= 0.6 is 11.6 Å². The highest BCUT2D eigenvalue weighted by Gasteiger charge is 2.11. The Morgan fingerprint density at radius 1 is 1.17 bits per heavy atom. The molecular weight excluding hydrogens is 340 g/mol. The number of carbonyl (C=O) groups excluding carboxylic acids is 1. The molecule has 2 aromatic carbocycles. The van der Waals surface area contributed by atoms with E-state index in [4.69, 9.17) is 16.3 Å². The second-order valence-electron chi connectivity index (χ2n) is 4.53. The van der Waals surface area contributed by atoms with E-state index in [9.17, 15) is 13.2 Å². The zero-order valence-corrected chi connectivity index (χ0v) is 13.8. The van der Waals surface area contributed by atoms with Gasteiger partial charge in [-0.2, -0.15) is 0 Å². The summed E-state index contributed by atoms with van der Waals surface area (Å²) in [5.74, 6) is 0.123. The van der Waals surface area contributed by atoms with Crippen LogP contribution in [0.25, 0.3) is 0 Å². The van der Waals surface area contributed by atoms with E-state index in [2.05, 4.69) is 10.0 Å². The van der Waals surface area contributed by atoms with E-state index in [-0.39, 0.29) is 17.4 Å². The van der Waals surface area contributed by atoms with Crippen LogP contribution < -0.4 is 14.8 Å². The van der Waals surface area contributed by atoms with Crippen molar-refractivity contribution in [1.29, 1.82) is 0 Å². The number of hydrogen-bond donors (Lipinski definition) is 2. The molecule has 0 unspecified atom stereocenters. The summed E-state index contributed by atoms with van der Waals surface area (Å²) in [6, 6.07) is 12.5. The van der Waals surface area contributed by atoms with Crippen LogP contribution in [0.4, 0.5) is 5.69 Å². The lowest BCUT2D eigenvalue weighted by Gasteiger charge is -2.08. The molecule has 2 N–H and O–H groups in total. The summed E-state index contributed by atoms with van der Waals surface area (Å²) in [5.41, 5.74) is 0.472. The molecular formula is C15H15ClN2O4S. The lowest BCUT2D eigenvalue weighted by Crippen LogP contribution is -2.20. The Hall–Kier alpha value is -2.09. The number of ether oxygens (including phenoxy) is 1. The fourth-order valence-corrected chi connectivity index (χ4v) is 2.65. The van der Waals surface area contributed by atoms with Crippen LogP contribution in [0.1, 0.15) is 0 Å². The molecule has 8 heteroatoms. The van der Waals surface area contributed by atoms with E-state index in [1.165, 1.54) is 31.3 Å². The molecule has 0 aromatic heterocycles.